The number of unbranched alkanes of at least 4 members (excludes halogenated alkanes) is 2. The molecule has 4 nitrogen and oxygen atoms in total. The van der Waals surface area contributed by atoms with Crippen LogP contribution in [0.15, 0.2) is 5.38 Å². The van der Waals surface area contributed by atoms with E-state index in [1.807, 2.05) is 0 Å². The SMILES string of the molecule is C#CCCCCC(=O)Nc1c(C)csc1C(=O)O. The molecule has 2 N–H and O–H groups in total. The highest BCUT2D eigenvalue weighted by Crippen LogP contribution is 2.27. The Bertz CT molecular complexity index is 485. The van der Waals surface area contributed by atoms with Crippen LogP contribution in [0.1, 0.15) is 40.9 Å². The number of terminal acetylenes is 1. The molecule has 1 amide bonds. The lowest BCUT2D eigenvalue weighted by Gasteiger charge is -2.05. The molecule has 0 atom stereocenters. The van der Waals surface area contributed by atoms with E-state index in [2.05, 4.69) is 11.2 Å². The fourth-order valence-electron chi connectivity index (χ4n) is 1.47. The van der Waals surface area contributed by atoms with Gasteiger partial charge in [-0.2, -0.15) is 0 Å². The van der Waals surface area contributed by atoms with Crippen LogP contribution in [0, 0.1) is 19.3 Å². The number of anilines is 1. The summed E-state index contributed by atoms with van der Waals surface area (Å²) in [7, 11) is 0. The zero-order valence-corrected chi connectivity index (χ0v) is 11.0. The van der Waals surface area contributed by atoms with E-state index in [1.165, 1.54) is 0 Å². The maximum absolute atomic E-state index is 11.6. The summed E-state index contributed by atoms with van der Waals surface area (Å²) in [6, 6.07) is 0. The molecule has 5 heteroatoms. The summed E-state index contributed by atoms with van der Waals surface area (Å²) < 4.78 is 0. The first kappa shape index (κ1) is 14.3. The number of aryl methyl sites for hydroxylation is 1. The van der Waals surface area contributed by atoms with Gasteiger partial charge in [-0.25, -0.2) is 4.79 Å². The summed E-state index contributed by atoms with van der Waals surface area (Å²) >= 11 is 1.12. The van der Waals surface area contributed by atoms with Gasteiger partial charge in [0, 0.05) is 12.8 Å². The van der Waals surface area contributed by atoms with E-state index in [4.69, 9.17) is 11.5 Å². The standard InChI is InChI=1S/C13H15NO3S/c1-3-4-5-6-7-10(15)14-11-9(2)8-18-12(11)13(16)17/h1,8H,4-7H2,2H3,(H,14,15)(H,16,17). The number of aromatic carboxylic acids is 1. The Kier molecular flexibility index (Phi) is 5.40. The second-order valence-corrected chi connectivity index (χ2v) is 4.77. The molecule has 0 unspecified atom stereocenters. The van der Waals surface area contributed by atoms with Gasteiger partial charge in [-0.3, -0.25) is 4.79 Å². The van der Waals surface area contributed by atoms with Crippen molar-refractivity contribution in [1.29, 1.82) is 0 Å². The van der Waals surface area contributed by atoms with Crippen LogP contribution in [0.3, 0.4) is 0 Å². The van der Waals surface area contributed by atoms with E-state index in [9.17, 15) is 9.59 Å². The van der Waals surface area contributed by atoms with Gasteiger partial charge in [0.1, 0.15) is 4.88 Å². The fourth-order valence-corrected chi connectivity index (χ4v) is 2.31. The van der Waals surface area contributed by atoms with Gasteiger partial charge in [-0.15, -0.1) is 23.7 Å². The summed E-state index contributed by atoms with van der Waals surface area (Å²) in [5.74, 6) is 1.32. The van der Waals surface area contributed by atoms with Crippen molar-refractivity contribution in [3.63, 3.8) is 0 Å². The summed E-state index contributed by atoms with van der Waals surface area (Å²) in [5, 5.41) is 13.4. The minimum absolute atomic E-state index is 0.170. The van der Waals surface area contributed by atoms with Crippen molar-refractivity contribution >= 4 is 28.9 Å². The van der Waals surface area contributed by atoms with Crippen LogP contribution in [-0.4, -0.2) is 17.0 Å². The number of hydrogen-bond acceptors (Lipinski definition) is 3. The van der Waals surface area contributed by atoms with Crippen molar-refractivity contribution in [1.82, 2.24) is 0 Å². The highest BCUT2D eigenvalue weighted by atomic mass is 32.1. The Balaban J connectivity index is 2.57. The minimum Gasteiger partial charge on any atom is -0.477 e. The van der Waals surface area contributed by atoms with Gasteiger partial charge in [0.15, 0.2) is 0 Å². The van der Waals surface area contributed by atoms with Gasteiger partial charge in [0.2, 0.25) is 5.91 Å². The first-order valence-corrected chi connectivity index (χ1v) is 6.49. The largest absolute Gasteiger partial charge is 0.477 e. The van der Waals surface area contributed by atoms with Crippen LogP contribution in [0.5, 0.6) is 0 Å². The molecule has 0 saturated heterocycles. The van der Waals surface area contributed by atoms with E-state index >= 15 is 0 Å². The molecule has 1 aromatic rings. The molecule has 18 heavy (non-hydrogen) atoms. The molecule has 1 rings (SSSR count). The third-order valence-electron chi connectivity index (χ3n) is 2.41. The monoisotopic (exact) mass is 265 g/mol. The lowest BCUT2D eigenvalue weighted by Crippen LogP contribution is -2.13. The van der Waals surface area contributed by atoms with Gasteiger partial charge in [0.25, 0.3) is 0 Å². The van der Waals surface area contributed by atoms with E-state index < -0.39 is 5.97 Å². The van der Waals surface area contributed by atoms with Gasteiger partial charge in [-0.05, 0) is 30.7 Å². The van der Waals surface area contributed by atoms with Crippen LogP contribution < -0.4 is 5.32 Å². The predicted molar refractivity (Wildman–Crippen MR) is 71.9 cm³/mol. The zero-order valence-electron chi connectivity index (χ0n) is 10.2. The van der Waals surface area contributed by atoms with E-state index in [1.54, 1.807) is 12.3 Å². The average molecular weight is 265 g/mol. The second kappa shape index (κ2) is 6.82. The first-order valence-electron chi connectivity index (χ1n) is 5.61. The summed E-state index contributed by atoms with van der Waals surface area (Å²) in [4.78, 5) is 22.8. The van der Waals surface area contributed by atoms with Crippen molar-refractivity contribution in [2.75, 3.05) is 5.32 Å². The van der Waals surface area contributed by atoms with Crippen molar-refractivity contribution in [3.8, 4) is 12.3 Å². The number of rotatable bonds is 6. The van der Waals surface area contributed by atoms with Crippen LogP contribution >= 0.6 is 11.3 Å². The molecule has 0 radical (unpaired) electrons. The second-order valence-electron chi connectivity index (χ2n) is 3.89. The van der Waals surface area contributed by atoms with Crippen LogP contribution in [-0.2, 0) is 4.79 Å². The Hall–Kier alpha value is -1.80. The summed E-state index contributed by atoms with van der Waals surface area (Å²) in [5.41, 5.74) is 1.18. The molecule has 0 aromatic carbocycles. The molecule has 0 aliphatic rings. The van der Waals surface area contributed by atoms with Crippen LogP contribution in [0.2, 0.25) is 0 Å². The normalized spacial score (nSPS) is 9.78. The lowest BCUT2D eigenvalue weighted by atomic mass is 10.2. The zero-order chi connectivity index (χ0) is 13.5. The summed E-state index contributed by atoms with van der Waals surface area (Å²) in [6.07, 6.45) is 7.64. The highest BCUT2D eigenvalue weighted by molar-refractivity contribution is 7.12. The summed E-state index contributed by atoms with van der Waals surface area (Å²) in [6.45, 7) is 1.77. The number of amides is 1. The number of carboxylic acids is 1. The minimum atomic E-state index is -1.02. The fraction of sp³-hybridized carbons (Fsp3) is 0.385. The molecule has 0 fully saturated rings. The van der Waals surface area contributed by atoms with Crippen LogP contribution in [0.25, 0.3) is 0 Å². The molecule has 1 aromatic heterocycles. The molecule has 0 aliphatic carbocycles. The number of carbonyl (C=O) groups excluding carboxylic acids is 1. The average Bonchev–Trinajstić information content (AvgIpc) is 2.67. The van der Waals surface area contributed by atoms with E-state index in [-0.39, 0.29) is 10.8 Å². The van der Waals surface area contributed by atoms with Gasteiger partial charge in [-0.1, -0.05) is 0 Å². The quantitative estimate of drug-likeness (QED) is 0.614. The lowest BCUT2D eigenvalue weighted by molar-refractivity contribution is -0.116. The molecular formula is C13H15NO3S. The predicted octanol–water partition coefficient (Wildman–Crippen LogP) is 2.89. The van der Waals surface area contributed by atoms with Crippen molar-refractivity contribution in [3.05, 3.63) is 15.8 Å². The van der Waals surface area contributed by atoms with E-state index in [0.717, 1.165) is 23.3 Å². The van der Waals surface area contributed by atoms with Gasteiger partial charge < -0.3 is 10.4 Å². The third-order valence-corrected chi connectivity index (χ3v) is 3.49. The van der Waals surface area contributed by atoms with Crippen molar-refractivity contribution in [2.45, 2.75) is 32.6 Å². The molecule has 0 saturated carbocycles. The van der Waals surface area contributed by atoms with Crippen LogP contribution in [0.4, 0.5) is 5.69 Å². The topological polar surface area (TPSA) is 66.4 Å². The molecule has 0 bridgehead atoms. The highest BCUT2D eigenvalue weighted by Gasteiger charge is 2.16. The molecule has 0 spiro atoms. The number of hydrogen-bond donors (Lipinski definition) is 2. The van der Waals surface area contributed by atoms with Crippen molar-refractivity contribution < 1.29 is 14.7 Å². The first-order chi connectivity index (χ1) is 8.56. The number of nitrogens with one attached hydrogen (secondary N) is 1. The van der Waals surface area contributed by atoms with Gasteiger partial charge in [0.05, 0.1) is 5.69 Å². The molecule has 1 heterocycles. The van der Waals surface area contributed by atoms with Crippen molar-refractivity contribution in [2.24, 2.45) is 0 Å². The number of carbonyl (C=O) groups is 2. The third kappa shape index (κ3) is 3.90. The van der Waals surface area contributed by atoms with Gasteiger partial charge >= 0.3 is 5.97 Å². The Morgan fingerprint density at radius 2 is 2.22 bits per heavy atom. The number of carboxylic acid groups (broad SMARTS) is 1. The molecule has 96 valence electrons. The Morgan fingerprint density at radius 1 is 1.50 bits per heavy atom. The smallest absolute Gasteiger partial charge is 0.348 e. The maximum atomic E-state index is 11.6. The molecular weight excluding hydrogens is 250 g/mol. The molecule has 0 aliphatic heterocycles. The Morgan fingerprint density at radius 3 is 2.83 bits per heavy atom. The Labute approximate surface area is 110 Å². The number of thiophene rings is 1. The maximum Gasteiger partial charge on any atom is 0.348 e. The van der Waals surface area contributed by atoms with E-state index in [0.29, 0.717) is 24.9 Å².